The molecule has 1 fully saturated rings. The van der Waals surface area contributed by atoms with Gasteiger partial charge >= 0.3 is 5.97 Å². The first-order chi connectivity index (χ1) is 18.7. The Kier molecular flexibility index (Phi) is 7.15. The second-order valence-corrected chi connectivity index (χ2v) is 10.4. The fraction of sp³-hybridized carbons (Fsp3) is 0.276. The van der Waals surface area contributed by atoms with Crippen molar-refractivity contribution >= 4 is 40.5 Å². The molecular formula is C29H25ClF2N4O3. The summed E-state index contributed by atoms with van der Waals surface area (Å²) in [6.45, 7) is 0. The van der Waals surface area contributed by atoms with Crippen molar-refractivity contribution in [3.63, 3.8) is 0 Å². The molecule has 0 bridgehead atoms. The molecule has 1 unspecified atom stereocenters. The van der Waals surface area contributed by atoms with Gasteiger partial charge in [0.2, 0.25) is 5.91 Å². The van der Waals surface area contributed by atoms with Crippen LogP contribution in [0, 0.1) is 34.8 Å². The van der Waals surface area contributed by atoms with E-state index in [0.29, 0.717) is 22.0 Å². The highest BCUT2D eigenvalue weighted by molar-refractivity contribution is 6.30. The minimum atomic E-state index is -1.30. The molecule has 4 N–H and O–H groups in total. The Morgan fingerprint density at radius 3 is 2.18 bits per heavy atom. The predicted molar refractivity (Wildman–Crippen MR) is 144 cm³/mol. The van der Waals surface area contributed by atoms with Gasteiger partial charge in [-0.15, -0.1) is 0 Å². The van der Waals surface area contributed by atoms with Crippen LogP contribution in [0.2, 0.25) is 5.02 Å². The molecule has 3 aromatic rings. The number of benzene rings is 3. The van der Waals surface area contributed by atoms with Crippen LogP contribution in [0.1, 0.15) is 53.6 Å². The van der Waals surface area contributed by atoms with E-state index >= 15 is 0 Å². The number of carbonyl (C=O) groups excluding carboxylic acids is 1. The van der Waals surface area contributed by atoms with Crippen LogP contribution in [0.3, 0.4) is 0 Å². The maximum Gasteiger partial charge on any atom is 0.335 e. The summed E-state index contributed by atoms with van der Waals surface area (Å²) in [4.78, 5) is 25.6. The zero-order valence-electron chi connectivity index (χ0n) is 20.7. The molecule has 0 radical (unpaired) electrons. The molecule has 39 heavy (non-hydrogen) atoms. The predicted octanol–water partition coefficient (Wildman–Crippen LogP) is 6.71. The summed E-state index contributed by atoms with van der Waals surface area (Å²) >= 11 is 6.17. The normalized spacial score (nSPS) is 16.8. The average molecular weight is 551 g/mol. The second kappa shape index (κ2) is 10.5. The lowest BCUT2D eigenvalue weighted by molar-refractivity contribution is -0.124. The highest BCUT2D eigenvalue weighted by Gasteiger charge is 2.52. The number of hydrogen-bond donors (Lipinski definition) is 4. The van der Waals surface area contributed by atoms with Crippen LogP contribution in [0.4, 0.5) is 25.8 Å². The number of hydrogen-bond acceptors (Lipinski definition) is 5. The first kappa shape index (κ1) is 26.4. The van der Waals surface area contributed by atoms with E-state index in [-0.39, 0.29) is 22.7 Å². The topological polar surface area (TPSA) is 114 Å². The molecule has 0 saturated heterocycles. The number of nitrogens with zero attached hydrogens (tertiary/aromatic N) is 1. The largest absolute Gasteiger partial charge is 0.478 e. The van der Waals surface area contributed by atoms with Crippen LogP contribution in [0.25, 0.3) is 0 Å². The van der Waals surface area contributed by atoms with E-state index in [9.17, 15) is 28.7 Å². The number of rotatable bonds is 6. The van der Waals surface area contributed by atoms with Crippen LogP contribution in [-0.2, 0) is 10.5 Å². The van der Waals surface area contributed by atoms with E-state index in [2.05, 4.69) is 16.0 Å². The van der Waals surface area contributed by atoms with Gasteiger partial charge in [-0.1, -0.05) is 43.0 Å². The van der Waals surface area contributed by atoms with Gasteiger partial charge in [0.05, 0.1) is 34.1 Å². The van der Waals surface area contributed by atoms with Gasteiger partial charge in [0.1, 0.15) is 11.7 Å². The molecule has 1 heterocycles. The summed E-state index contributed by atoms with van der Waals surface area (Å²) in [5.41, 5.74) is 0.0497. The number of nitriles is 1. The third kappa shape index (κ3) is 5.00. The van der Waals surface area contributed by atoms with Gasteiger partial charge in [0, 0.05) is 17.2 Å². The quantitative estimate of drug-likeness (QED) is 0.271. The summed E-state index contributed by atoms with van der Waals surface area (Å²) in [5.74, 6) is -4.59. The molecule has 200 valence electrons. The smallest absolute Gasteiger partial charge is 0.335 e. The molecule has 1 aliphatic carbocycles. The van der Waals surface area contributed by atoms with Crippen LogP contribution in [0.5, 0.6) is 0 Å². The Balaban J connectivity index is 1.62. The van der Waals surface area contributed by atoms with Crippen molar-refractivity contribution in [2.75, 3.05) is 16.0 Å². The van der Waals surface area contributed by atoms with Gasteiger partial charge < -0.3 is 21.1 Å². The molecule has 0 spiro atoms. The Morgan fingerprint density at radius 2 is 1.62 bits per heavy atom. The fourth-order valence-corrected chi connectivity index (χ4v) is 5.85. The molecule has 5 rings (SSSR count). The molecule has 7 nitrogen and oxygen atoms in total. The van der Waals surface area contributed by atoms with E-state index < -0.39 is 35.1 Å². The summed E-state index contributed by atoms with van der Waals surface area (Å²) in [5, 5.41) is 28.9. The van der Waals surface area contributed by atoms with Crippen LogP contribution in [0.15, 0.2) is 54.6 Å². The SMILES string of the molecule is N#Cc1cc(C(=O)O)ccc1NC(=O)C(C1CCCCC1)C1(c2ccc(Cl)cc2)Nc2cc(F)c(F)cc2N1. The number of fused-ring (bicyclic) bond motifs is 1. The average Bonchev–Trinajstić information content (AvgIpc) is 3.28. The standard InChI is InChI=1S/C29H25ClF2N4O3/c30-20-9-7-19(8-10-20)29(35-24-13-21(31)22(32)14-25(24)36-29)26(16-4-2-1-3-5-16)27(37)34-23-11-6-17(28(38)39)12-18(23)15-33/h6-14,16,26,35-36H,1-5H2,(H,34,37)(H,38,39). The maximum absolute atomic E-state index is 14.2. The monoisotopic (exact) mass is 550 g/mol. The van der Waals surface area contributed by atoms with Crippen molar-refractivity contribution in [3.8, 4) is 6.07 Å². The maximum atomic E-state index is 14.2. The van der Waals surface area contributed by atoms with Crippen molar-refractivity contribution in [3.05, 3.63) is 87.9 Å². The molecule has 10 heteroatoms. The Labute approximate surface area is 228 Å². The molecule has 2 aliphatic rings. The molecule has 1 atom stereocenters. The van der Waals surface area contributed by atoms with E-state index in [1.165, 1.54) is 18.2 Å². The minimum absolute atomic E-state index is 0.00551. The first-order valence-electron chi connectivity index (χ1n) is 12.6. The lowest BCUT2D eigenvalue weighted by Gasteiger charge is -2.43. The van der Waals surface area contributed by atoms with Crippen molar-refractivity contribution < 1.29 is 23.5 Å². The van der Waals surface area contributed by atoms with Gasteiger partial charge in [0.15, 0.2) is 11.6 Å². The second-order valence-electron chi connectivity index (χ2n) is 9.92. The van der Waals surface area contributed by atoms with E-state index in [1.54, 1.807) is 24.3 Å². The highest BCUT2D eigenvalue weighted by Crippen LogP contribution is 2.49. The number of nitrogens with one attached hydrogen (secondary N) is 3. The van der Waals surface area contributed by atoms with Crippen molar-refractivity contribution in [2.45, 2.75) is 37.8 Å². The molecule has 3 aromatic carbocycles. The lowest BCUT2D eigenvalue weighted by Crippen LogP contribution is -2.54. The Hall–Kier alpha value is -4.16. The molecule has 0 aromatic heterocycles. The minimum Gasteiger partial charge on any atom is -0.478 e. The number of carbonyl (C=O) groups is 2. The summed E-state index contributed by atoms with van der Waals surface area (Å²) in [6, 6.07) is 14.9. The number of anilines is 3. The fourth-order valence-electron chi connectivity index (χ4n) is 5.72. The number of carboxylic acids is 1. The number of aromatic carboxylic acids is 1. The molecule has 1 amide bonds. The molecule has 1 aliphatic heterocycles. The Bertz CT molecular complexity index is 1450. The lowest BCUT2D eigenvalue weighted by atomic mass is 9.71. The summed E-state index contributed by atoms with van der Waals surface area (Å²) in [6.07, 6.45) is 4.36. The van der Waals surface area contributed by atoms with Gasteiger partial charge in [-0.25, -0.2) is 13.6 Å². The van der Waals surface area contributed by atoms with E-state index in [1.807, 2.05) is 6.07 Å². The van der Waals surface area contributed by atoms with E-state index in [0.717, 1.165) is 44.2 Å². The first-order valence-corrected chi connectivity index (χ1v) is 13.0. The van der Waals surface area contributed by atoms with Crippen LogP contribution < -0.4 is 16.0 Å². The molecular weight excluding hydrogens is 526 g/mol. The van der Waals surface area contributed by atoms with Crippen LogP contribution in [-0.4, -0.2) is 17.0 Å². The molecule has 1 saturated carbocycles. The zero-order chi connectivity index (χ0) is 27.7. The van der Waals surface area contributed by atoms with Crippen molar-refractivity contribution in [1.82, 2.24) is 0 Å². The summed E-state index contributed by atoms with van der Waals surface area (Å²) < 4.78 is 28.5. The Morgan fingerprint density at radius 1 is 1.00 bits per heavy atom. The third-order valence-corrected chi connectivity index (χ3v) is 7.79. The highest BCUT2D eigenvalue weighted by atomic mass is 35.5. The number of carboxylic acid groups (broad SMARTS) is 1. The number of amides is 1. The third-order valence-electron chi connectivity index (χ3n) is 7.54. The van der Waals surface area contributed by atoms with Crippen LogP contribution >= 0.6 is 11.6 Å². The van der Waals surface area contributed by atoms with Crippen molar-refractivity contribution in [1.29, 1.82) is 5.26 Å². The zero-order valence-corrected chi connectivity index (χ0v) is 21.5. The van der Waals surface area contributed by atoms with Gasteiger partial charge in [-0.3, -0.25) is 4.79 Å². The number of halogens is 3. The van der Waals surface area contributed by atoms with E-state index in [4.69, 9.17) is 11.6 Å². The van der Waals surface area contributed by atoms with Crippen molar-refractivity contribution in [2.24, 2.45) is 11.8 Å². The summed E-state index contributed by atoms with van der Waals surface area (Å²) in [7, 11) is 0. The van der Waals surface area contributed by atoms with Gasteiger partial charge in [-0.05, 0) is 54.7 Å². The van der Waals surface area contributed by atoms with Gasteiger partial charge in [-0.2, -0.15) is 5.26 Å². The van der Waals surface area contributed by atoms with Gasteiger partial charge in [0.25, 0.3) is 0 Å².